The van der Waals surface area contributed by atoms with Crippen molar-refractivity contribution < 1.29 is 14.4 Å². The van der Waals surface area contributed by atoms with Crippen molar-refractivity contribution in [1.29, 1.82) is 0 Å². The van der Waals surface area contributed by atoms with Crippen LogP contribution in [0.4, 0.5) is 5.82 Å². The maximum Gasteiger partial charge on any atom is 0.254 e. The Morgan fingerprint density at radius 3 is 2.62 bits per heavy atom. The average Bonchev–Trinajstić information content (AvgIpc) is 3.18. The lowest BCUT2D eigenvalue weighted by Crippen LogP contribution is -2.51. The Morgan fingerprint density at radius 1 is 1.12 bits per heavy atom. The molecule has 0 radical (unpaired) electrons. The number of nitrogens with one attached hydrogen (secondary N) is 1. The quantitative estimate of drug-likeness (QED) is 0.783. The van der Waals surface area contributed by atoms with E-state index < -0.39 is 6.04 Å². The van der Waals surface area contributed by atoms with E-state index in [1.807, 2.05) is 31.2 Å². The fourth-order valence-electron chi connectivity index (χ4n) is 5.04. The summed E-state index contributed by atoms with van der Waals surface area (Å²) in [6, 6.07) is 12.3. The summed E-state index contributed by atoms with van der Waals surface area (Å²) in [5.74, 6) is 0.208. The fraction of sp³-hybridized carbons (Fsp3) is 0.440. The zero-order chi connectivity index (χ0) is 22.7. The van der Waals surface area contributed by atoms with E-state index in [0.29, 0.717) is 23.7 Å². The van der Waals surface area contributed by atoms with Crippen LogP contribution >= 0.6 is 0 Å². The van der Waals surface area contributed by atoms with Gasteiger partial charge < -0.3 is 15.1 Å². The molecule has 1 aromatic heterocycles. The number of pyridine rings is 1. The number of fused-ring (bicyclic) bond motifs is 1. The average molecular weight is 435 g/mol. The number of aromatic nitrogens is 1. The van der Waals surface area contributed by atoms with Gasteiger partial charge in [-0.1, -0.05) is 31.0 Å². The van der Waals surface area contributed by atoms with Crippen LogP contribution in [-0.2, 0) is 9.59 Å². The molecule has 2 heterocycles. The Labute approximate surface area is 188 Å². The second-order valence-electron chi connectivity index (χ2n) is 8.90. The van der Waals surface area contributed by atoms with Gasteiger partial charge in [0.05, 0.1) is 6.54 Å². The first kappa shape index (κ1) is 22.0. The third kappa shape index (κ3) is 4.66. The number of carbonyl (C=O) groups is 3. The Bertz CT molecular complexity index is 994. The number of rotatable bonds is 5. The monoisotopic (exact) mass is 434 g/mol. The lowest BCUT2D eigenvalue weighted by molar-refractivity contribution is -0.137. The summed E-state index contributed by atoms with van der Waals surface area (Å²) in [7, 11) is 1.62. The number of carbonyl (C=O) groups excluding carboxylic acids is 3. The van der Waals surface area contributed by atoms with E-state index in [2.05, 4.69) is 10.3 Å². The summed E-state index contributed by atoms with van der Waals surface area (Å²) in [4.78, 5) is 46.7. The molecule has 4 rings (SSSR count). The third-order valence-corrected chi connectivity index (χ3v) is 6.57. The van der Waals surface area contributed by atoms with Gasteiger partial charge >= 0.3 is 0 Å². The second-order valence-corrected chi connectivity index (χ2v) is 8.90. The topological polar surface area (TPSA) is 82.6 Å². The summed E-state index contributed by atoms with van der Waals surface area (Å²) >= 11 is 0. The van der Waals surface area contributed by atoms with Gasteiger partial charge in [-0.3, -0.25) is 14.4 Å². The number of anilines is 1. The van der Waals surface area contributed by atoms with Gasteiger partial charge in [-0.05, 0) is 61.9 Å². The van der Waals surface area contributed by atoms with Crippen molar-refractivity contribution in [2.45, 2.75) is 51.1 Å². The summed E-state index contributed by atoms with van der Waals surface area (Å²) < 4.78 is 0. The minimum Gasteiger partial charge on any atom is -0.335 e. The van der Waals surface area contributed by atoms with E-state index in [1.54, 1.807) is 36.3 Å². The van der Waals surface area contributed by atoms with Crippen molar-refractivity contribution >= 4 is 23.5 Å². The molecule has 3 amide bonds. The number of likely N-dealkylation sites (tertiary alicyclic amines) is 1. The maximum atomic E-state index is 13.4. The fourth-order valence-corrected chi connectivity index (χ4v) is 5.04. The first-order valence-electron chi connectivity index (χ1n) is 11.3. The van der Waals surface area contributed by atoms with E-state index in [-0.39, 0.29) is 30.3 Å². The number of aryl methyl sites for hydroxylation is 1. The third-order valence-electron chi connectivity index (χ3n) is 6.57. The van der Waals surface area contributed by atoms with Crippen LogP contribution in [-0.4, -0.2) is 58.2 Å². The molecule has 7 nitrogen and oxygen atoms in total. The summed E-state index contributed by atoms with van der Waals surface area (Å²) in [6.07, 6.45) is 6.46. The predicted octanol–water partition coefficient (Wildman–Crippen LogP) is 3.26. The molecule has 1 N–H and O–H groups in total. The molecule has 3 atom stereocenters. The number of hydrogen-bond acceptors (Lipinski definition) is 4. The molecule has 32 heavy (non-hydrogen) atoms. The van der Waals surface area contributed by atoms with Crippen molar-refractivity contribution in [2.75, 3.05) is 18.9 Å². The SMILES string of the molecule is Cc1ccnc(NC(=O)CN(C)C(=O)C2CC3CCCCC3N2C(=O)c2ccccc2)c1. The van der Waals surface area contributed by atoms with Gasteiger partial charge in [-0.15, -0.1) is 0 Å². The molecule has 1 aliphatic carbocycles. The predicted molar refractivity (Wildman–Crippen MR) is 122 cm³/mol. The number of benzene rings is 1. The van der Waals surface area contributed by atoms with Crippen molar-refractivity contribution in [3.63, 3.8) is 0 Å². The molecule has 7 heteroatoms. The number of hydrogen-bond donors (Lipinski definition) is 1. The molecule has 0 bridgehead atoms. The molecular weight excluding hydrogens is 404 g/mol. The van der Waals surface area contributed by atoms with E-state index >= 15 is 0 Å². The molecule has 1 aromatic carbocycles. The zero-order valence-corrected chi connectivity index (χ0v) is 18.7. The van der Waals surface area contributed by atoms with Crippen LogP contribution < -0.4 is 5.32 Å². The minimum atomic E-state index is -0.536. The molecule has 168 valence electrons. The first-order valence-corrected chi connectivity index (χ1v) is 11.3. The highest BCUT2D eigenvalue weighted by molar-refractivity contribution is 5.99. The molecule has 2 fully saturated rings. The minimum absolute atomic E-state index is 0.0872. The van der Waals surface area contributed by atoms with Crippen LogP contribution in [0.3, 0.4) is 0 Å². The van der Waals surface area contributed by atoms with Gasteiger partial charge in [-0.25, -0.2) is 4.98 Å². The van der Waals surface area contributed by atoms with E-state index in [0.717, 1.165) is 31.2 Å². The van der Waals surface area contributed by atoms with Crippen molar-refractivity contribution in [2.24, 2.45) is 5.92 Å². The van der Waals surface area contributed by atoms with Crippen LogP contribution in [0.1, 0.15) is 48.0 Å². The lowest BCUT2D eigenvalue weighted by atomic mass is 9.84. The van der Waals surface area contributed by atoms with Gasteiger partial charge in [0.2, 0.25) is 11.8 Å². The molecule has 1 saturated heterocycles. The van der Waals surface area contributed by atoms with E-state index in [1.165, 1.54) is 4.90 Å². The van der Waals surface area contributed by atoms with Crippen molar-refractivity contribution in [3.05, 3.63) is 59.8 Å². The Balaban J connectivity index is 1.48. The molecule has 3 unspecified atom stereocenters. The van der Waals surface area contributed by atoms with Gasteiger partial charge in [0, 0.05) is 24.8 Å². The number of nitrogens with zero attached hydrogens (tertiary/aromatic N) is 3. The van der Waals surface area contributed by atoms with Gasteiger partial charge in [0.25, 0.3) is 5.91 Å². The molecule has 2 aromatic rings. The van der Waals surface area contributed by atoms with Crippen molar-refractivity contribution in [1.82, 2.24) is 14.8 Å². The van der Waals surface area contributed by atoms with Gasteiger partial charge in [0.1, 0.15) is 11.9 Å². The standard InChI is InChI=1S/C25H30N4O3/c1-17-12-13-26-22(14-17)27-23(30)16-28(2)25(32)21-15-19-10-6-7-11-20(19)29(21)24(31)18-8-4-3-5-9-18/h3-5,8-9,12-14,19-21H,6-7,10-11,15-16H2,1-2H3,(H,26,27,30). The zero-order valence-electron chi connectivity index (χ0n) is 18.7. The molecule has 1 aliphatic heterocycles. The van der Waals surface area contributed by atoms with Crippen LogP contribution in [0.15, 0.2) is 48.7 Å². The Kier molecular flexibility index (Phi) is 6.53. The number of likely N-dealkylation sites (N-methyl/N-ethyl adjacent to an activating group) is 1. The Hall–Kier alpha value is -3.22. The highest BCUT2D eigenvalue weighted by Gasteiger charge is 2.48. The highest BCUT2D eigenvalue weighted by atomic mass is 16.2. The Morgan fingerprint density at radius 2 is 1.88 bits per heavy atom. The molecular formula is C25H30N4O3. The van der Waals surface area contributed by atoms with Gasteiger partial charge in [0.15, 0.2) is 0 Å². The lowest BCUT2D eigenvalue weighted by Gasteiger charge is -2.34. The maximum absolute atomic E-state index is 13.4. The normalized spacial score (nSPS) is 22.2. The largest absolute Gasteiger partial charge is 0.335 e. The molecule has 1 saturated carbocycles. The van der Waals surface area contributed by atoms with Gasteiger partial charge in [-0.2, -0.15) is 0 Å². The smallest absolute Gasteiger partial charge is 0.254 e. The molecule has 2 aliphatic rings. The first-order chi connectivity index (χ1) is 15.4. The second kappa shape index (κ2) is 9.51. The summed E-state index contributed by atoms with van der Waals surface area (Å²) in [5.41, 5.74) is 1.59. The summed E-state index contributed by atoms with van der Waals surface area (Å²) in [5, 5.41) is 2.74. The van der Waals surface area contributed by atoms with Crippen LogP contribution in [0.25, 0.3) is 0 Å². The van der Waals surface area contributed by atoms with Crippen LogP contribution in [0.5, 0.6) is 0 Å². The van der Waals surface area contributed by atoms with E-state index in [4.69, 9.17) is 0 Å². The summed E-state index contributed by atoms with van der Waals surface area (Å²) in [6.45, 7) is 1.83. The highest BCUT2D eigenvalue weighted by Crippen LogP contribution is 2.41. The number of amides is 3. The van der Waals surface area contributed by atoms with E-state index in [9.17, 15) is 14.4 Å². The van der Waals surface area contributed by atoms with Crippen molar-refractivity contribution in [3.8, 4) is 0 Å². The van der Waals surface area contributed by atoms with Crippen LogP contribution in [0, 0.1) is 12.8 Å². The van der Waals surface area contributed by atoms with Crippen LogP contribution in [0.2, 0.25) is 0 Å². The molecule has 0 spiro atoms.